The number of carbonyl (C=O) groups is 1. The van der Waals surface area contributed by atoms with Crippen LogP contribution in [0.1, 0.15) is 27.2 Å². The Labute approximate surface area is 137 Å². The monoisotopic (exact) mass is 357 g/mol. The van der Waals surface area contributed by atoms with Crippen molar-refractivity contribution < 1.29 is 9.90 Å². The van der Waals surface area contributed by atoms with Crippen LogP contribution < -0.4 is 0 Å². The van der Waals surface area contributed by atoms with Gasteiger partial charge in [0.2, 0.25) is 0 Å². The number of carboxylic acids is 1. The Morgan fingerprint density at radius 1 is 1.18 bits per heavy atom. The van der Waals surface area contributed by atoms with Crippen LogP contribution in [-0.4, -0.2) is 15.6 Å². The number of benzene rings is 2. The fraction of sp³-hybridized carbons (Fsp3) is 0.167. The van der Waals surface area contributed by atoms with Crippen LogP contribution >= 0.6 is 15.9 Å². The van der Waals surface area contributed by atoms with Crippen molar-refractivity contribution in [2.45, 2.75) is 20.4 Å². The van der Waals surface area contributed by atoms with Gasteiger partial charge in [-0.05, 0) is 55.3 Å². The summed E-state index contributed by atoms with van der Waals surface area (Å²) in [7, 11) is 0. The Kier molecular flexibility index (Phi) is 3.79. The van der Waals surface area contributed by atoms with E-state index in [1.807, 2.05) is 25.1 Å². The second-order valence-electron chi connectivity index (χ2n) is 5.46. The minimum absolute atomic E-state index is 0.329. The van der Waals surface area contributed by atoms with Gasteiger partial charge >= 0.3 is 5.97 Å². The number of hydrogen-bond acceptors (Lipinski definition) is 1. The minimum Gasteiger partial charge on any atom is -0.478 e. The Morgan fingerprint density at radius 2 is 1.95 bits per heavy atom. The number of aryl methyl sites for hydroxylation is 1. The van der Waals surface area contributed by atoms with E-state index in [4.69, 9.17) is 5.11 Å². The molecule has 0 fully saturated rings. The third kappa shape index (κ3) is 2.55. The van der Waals surface area contributed by atoms with Gasteiger partial charge in [0.25, 0.3) is 0 Å². The summed E-state index contributed by atoms with van der Waals surface area (Å²) in [5.74, 6) is -0.890. The Bertz CT molecular complexity index is 880. The lowest BCUT2D eigenvalue weighted by Crippen LogP contribution is -2.02. The molecule has 0 amide bonds. The number of rotatable bonds is 3. The van der Waals surface area contributed by atoms with Gasteiger partial charge in [-0.15, -0.1) is 0 Å². The number of aromatic nitrogens is 1. The SMILES string of the molecule is Cc1c(C)n(Cc2cccc(Br)c2)c2ccc(C(=O)O)cc12. The van der Waals surface area contributed by atoms with Crippen LogP contribution in [0.3, 0.4) is 0 Å². The lowest BCUT2D eigenvalue weighted by molar-refractivity contribution is 0.0697. The van der Waals surface area contributed by atoms with Crippen LogP contribution in [0.25, 0.3) is 10.9 Å². The molecule has 3 nitrogen and oxygen atoms in total. The van der Waals surface area contributed by atoms with E-state index in [1.54, 1.807) is 12.1 Å². The number of fused-ring (bicyclic) bond motifs is 1. The van der Waals surface area contributed by atoms with Crippen LogP contribution in [0, 0.1) is 13.8 Å². The van der Waals surface area contributed by atoms with Gasteiger partial charge in [-0.1, -0.05) is 28.1 Å². The normalized spacial score (nSPS) is 11.0. The number of hydrogen-bond donors (Lipinski definition) is 1. The molecule has 0 spiro atoms. The first-order valence-corrected chi connectivity index (χ1v) is 7.84. The van der Waals surface area contributed by atoms with Crippen LogP contribution in [0.2, 0.25) is 0 Å². The lowest BCUT2D eigenvalue weighted by atomic mass is 10.1. The van der Waals surface area contributed by atoms with Crippen LogP contribution in [0.15, 0.2) is 46.9 Å². The molecule has 1 aromatic heterocycles. The van der Waals surface area contributed by atoms with E-state index >= 15 is 0 Å². The fourth-order valence-electron chi connectivity index (χ4n) is 2.80. The first-order chi connectivity index (χ1) is 10.5. The van der Waals surface area contributed by atoms with Gasteiger partial charge in [0.05, 0.1) is 5.56 Å². The van der Waals surface area contributed by atoms with Gasteiger partial charge in [0, 0.05) is 27.6 Å². The molecule has 112 valence electrons. The summed E-state index contributed by atoms with van der Waals surface area (Å²) in [5.41, 5.74) is 4.90. The largest absolute Gasteiger partial charge is 0.478 e. The van der Waals surface area contributed by atoms with Crippen molar-refractivity contribution in [1.29, 1.82) is 0 Å². The van der Waals surface area contributed by atoms with Crippen molar-refractivity contribution >= 4 is 32.8 Å². The molecule has 22 heavy (non-hydrogen) atoms. The van der Waals surface area contributed by atoms with Crippen molar-refractivity contribution in [3.8, 4) is 0 Å². The second kappa shape index (κ2) is 5.61. The topological polar surface area (TPSA) is 42.2 Å². The molecule has 0 aliphatic rings. The summed E-state index contributed by atoms with van der Waals surface area (Å²) in [6.45, 7) is 4.89. The van der Waals surface area contributed by atoms with Crippen LogP contribution in [0.5, 0.6) is 0 Å². The zero-order chi connectivity index (χ0) is 15.9. The van der Waals surface area contributed by atoms with Gasteiger partial charge in [-0.2, -0.15) is 0 Å². The van der Waals surface area contributed by atoms with Crippen LogP contribution in [-0.2, 0) is 6.54 Å². The van der Waals surface area contributed by atoms with Crippen molar-refractivity contribution in [3.05, 3.63) is 69.3 Å². The van der Waals surface area contributed by atoms with Gasteiger partial charge in [0.15, 0.2) is 0 Å². The summed E-state index contributed by atoms with van der Waals surface area (Å²) >= 11 is 3.50. The molecule has 0 saturated carbocycles. The zero-order valence-electron chi connectivity index (χ0n) is 12.4. The van der Waals surface area contributed by atoms with E-state index in [9.17, 15) is 4.79 Å². The Morgan fingerprint density at radius 3 is 2.64 bits per heavy atom. The summed E-state index contributed by atoms with van der Waals surface area (Å²) in [4.78, 5) is 11.2. The van der Waals surface area contributed by atoms with E-state index in [2.05, 4.69) is 39.6 Å². The highest BCUT2D eigenvalue weighted by Crippen LogP contribution is 2.27. The average Bonchev–Trinajstić information content (AvgIpc) is 2.72. The zero-order valence-corrected chi connectivity index (χ0v) is 14.0. The molecule has 0 bridgehead atoms. The highest BCUT2D eigenvalue weighted by Gasteiger charge is 2.13. The van der Waals surface area contributed by atoms with E-state index in [0.29, 0.717) is 5.56 Å². The molecule has 1 heterocycles. The molecule has 2 aromatic carbocycles. The molecule has 0 aliphatic heterocycles. The highest BCUT2D eigenvalue weighted by atomic mass is 79.9. The molecule has 0 unspecified atom stereocenters. The third-order valence-corrected chi connectivity index (χ3v) is 4.61. The van der Waals surface area contributed by atoms with E-state index in [0.717, 1.165) is 33.2 Å². The molecule has 3 aromatic rings. The van der Waals surface area contributed by atoms with Crippen molar-refractivity contribution in [3.63, 3.8) is 0 Å². The maximum Gasteiger partial charge on any atom is 0.335 e. The average molecular weight is 358 g/mol. The molecule has 0 atom stereocenters. The highest BCUT2D eigenvalue weighted by molar-refractivity contribution is 9.10. The minimum atomic E-state index is -0.890. The smallest absolute Gasteiger partial charge is 0.335 e. The van der Waals surface area contributed by atoms with Crippen molar-refractivity contribution in [2.24, 2.45) is 0 Å². The van der Waals surface area contributed by atoms with Gasteiger partial charge in [-0.25, -0.2) is 4.79 Å². The van der Waals surface area contributed by atoms with Crippen molar-refractivity contribution in [2.75, 3.05) is 0 Å². The number of nitrogens with zero attached hydrogens (tertiary/aromatic N) is 1. The maximum absolute atomic E-state index is 11.2. The summed E-state index contributed by atoms with van der Waals surface area (Å²) in [6.07, 6.45) is 0. The quantitative estimate of drug-likeness (QED) is 0.733. The Hall–Kier alpha value is -2.07. The molecule has 0 aliphatic carbocycles. The summed E-state index contributed by atoms with van der Waals surface area (Å²) < 4.78 is 3.29. The third-order valence-electron chi connectivity index (χ3n) is 4.12. The summed E-state index contributed by atoms with van der Waals surface area (Å²) in [6, 6.07) is 13.6. The molecule has 3 rings (SSSR count). The Balaban J connectivity index is 2.13. The summed E-state index contributed by atoms with van der Waals surface area (Å²) in [5, 5.41) is 10.2. The molecular formula is C18H16BrNO2. The van der Waals surface area contributed by atoms with E-state index in [-0.39, 0.29) is 0 Å². The second-order valence-corrected chi connectivity index (χ2v) is 6.38. The predicted octanol–water partition coefficient (Wildman–Crippen LogP) is 4.77. The number of halogens is 1. The predicted molar refractivity (Wildman–Crippen MR) is 91.6 cm³/mol. The molecule has 0 radical (unpaired) electrons. The fourth-order valence-corrected chi connectivity index (χ4v) is 3.25. The van der Waals surface area contributed by atoms with Gasteiger partial charge in [0.1, 0.15) is 0 Å². The van der Waals surface area contributed by atoms with Crippen LogP contribution in [0.4, 0.5) is 0 Å². The number of aromatic carboxylic acids is 1. The lowest BCUT2D eigenvalue weighted by Gasteiger charge is -2.09. The molecule has 4 heteroatoms. The molecule has 0 saturated heterocycles. The van der Waals surface area contributed by atoms with E-state index < -0.39 is 5.97 Å². The first-order valence-electron chi connectivity index (χ1n) is 7.04. The van der Waals surface area contributed by atoms with Gasteiger partial charge < -0.3 is 9.67 Å². The maximum atomic E-state index is 11.2. The standard InChI is InChI=1S/C18H16BrNO2/c1-11-12(2)20(10-13-4-3-5-15(19)8-13)17-7-6-14(18(21)22)9-16(11)17/h3-9H,10H2,1-2H3,(H,21,22). The van der Waals surface area contributed by atoms with Crippen molar-refractivity contribution in [1.82, 2.24) is 4.57 Å². The van der Waals surface area contributed by atoms with E-state index in [1.165, 1.54) is 5.56 Å². The van der Waals surface area contributed by atoms with Gasteiger partial charge in [-0.3, -0.25) is 0 Å². The molecular weight excluding hydrogens is 342 g/mol. The number of carboxylic acid groups (broad SMARTS) is 1. The molecule has 1 N–H and O–H groups in total. The first kappa shape index (κ1) is 14.9.